The fraction of sp³-hybridized carbons (Fsp3) is 0.120. The van der Waals surface area contributed by atoms with Gasteiger partial charge in [-0.2, -0.15) is 0 Å². The predicted octanol–water partition coefficient (Wildman–Crippen LogP) is 12.7. The summed E-state index contributed by atoms with van der Waals surface area (Å²) in [4.78, 5) is 11.1. The molecule has 12 rings (SSSR count). The van der Waals surface area contributed by atoms with Crippen LogP contribution < -0.4 is 0 Å². The Labute approximate surface area is 307 Å². The first-order valence-electron chi connectivity index (χ1n) is 18.8. The number of aromatic nitrogens is 3. The van der Waals surface area contributed by atoms with Crippen molar-refractivity contribution in [3.8, 4) is 39.5 Å². The van der Waals surface area contributed by atoms with E-state index < -0.39 is 0 Å². The summed E-state index contributed by atoms with van der Waals surface area (Å²) < 4.78 is 2.40. The second kappa shape index (κ2) is 10.4. The lowest BCUT2D eigenvalue weighted by Crippen LogP contribution is -2.15. The maximum Gasteiger partial charge on any atom is 0.235 e. The Bertz CT molecular complexity index is 3070. The molecule has 3 aliphatic carbocycles. The Morgan fingerprint density at radius 3 is 2.23 bits per heavy atom. The van der Waals surface area contributed by atoms with Crippen LogP contribution in [0, 0.1) is 5.92 Å². The highest BCUT2D eigenvalue weighted by molar-refractivity contribution is 6.25. The van der Waals surface area contributed by atoms with Gasteiger partial charge in [0.1, 0.15) is 0 Å². The molecule has 1 fully saturated rings. The van der Waals surface area contributed by atoms with E-state index in [4.69, 9.17) is 9.97 Å². The number of rotatable bonds is 3. The Morgan fingerprint density at radius 2 is 1.34 bits per heavy atom. The first-order chi connectivity index (χ1) is 26.0. The van der Waals surface area contributed by atoms with E-state index in [1.807, 2.05) is 0 Å². The monoisotopic (exact) mass is 677 g/mol. The van der Waals surface area contributed by atoms with Crippen molar-refractivity contribution in [3.63, 3.8) is 0 Å². The van der Waals surface area contributed by atoms with Crippen LogP contribution >= 0.6 is 0 Å². The smallest absolute Gasteiger partial charge is 0.235 e. The third-order valence-electron chi connectivity index (χ3n) is 12.5. The van der Waals surface area contributed by atoms with Crippen molar-refractivity contribution in [1.82, 2.24) is 14.5 Å². The Balaban J connectivity index is 1.25. The quantitative estimate of drug-likeness (QED) is 0.186. The van der Waals surface area contributed by atoms with Crippen molar-refractivity contribution in [3.05, 3.63) is 168 Å². The fourth-order valence-corrected chi connectivity index (χ4v) is 9.81. The molecule has 0 aliphatic heterocycles. The molecule has 0 bridgehead atoms. The first kappa shape index (κ1) is 29.3. The van der Waals surface area contributed by atoms with Crippen molar-refractivity contribution >= 4 is 49.4 Å². The summed E-state index contributed by atoms with van der Waals surface area (Å²) in [5.41, 5.74) is 14.6. The minimum absolute atomic E-state index is 0.117. The largest absolute Gasteiger partial charge is 0.277 e. The van der Waals surface area contributed by atoms with Crippen LogP contribution in [-0.2, 0) is 5.41 Å². The fourth-order valence-electron chi connectivity index (χ4n) is 9.81. The molecule has 0 amide bonds. The molecule has 0 N–H and O–H groups in total. The van der Waals surface area contributed by atoms with Crippen molar-refractivity contribution < 1.29 is 0 Å². The van der Waals surface area contributed by atoms with E-state index in [2.05, 4.69) is 170 Å². The molecule has 0 spiro atoms. The predicted molar refractivity (Wildman–Crippen MR) is 220 cm³/mol. The number of hydrogen-bond donors (Lipinski definition) is 0. The highest BCUT2D eigenvalue weighted by Gasteiger charge is 2.43. The normalized spacial score (nSPS) is 17.6. The summed E-state index contributed by atoms with van der Waals surface area (Å²) in [5, 5.41) is 7.27. The average molecular weight is 678 g/mol. The van der Waals surface area contributed by atoms with Gasteiger partial charge in [0.25, 0.3) is 0 Å². The minimum Gasteiger partial charge on any atom is -0.277 e. The van der Waals surface area contributed by atoms with Crippen molar-refractivity contribution in [2.45, 2.75) is 31.6 Å². The topological polar surface area (TPSA) is 30.7 Å². The molecule has 0 radical (unpaired) electrons. The third-order valence-corrected chi connectivity index (χ3v) is 12.5. The van der Waals surface area contributed by atoms with Crippen LogP contribution in [0.5, 0.6) is 0 Å². The summed E-state index contributed by atoms with van der Waals surface area (Å²) in [7, 11) is 0. The molecule has 0 saturated heterocycles. The number of nitrogens with zero attached hydrogens (tertiary/aromatic N) is 3. The van der Waals surface area contributed by atoms with Gasteiger partial charge in [-0.1, -0.05) is 147 Å². The zero-order valence-electron chi connectivity index (χ0n) is 29.6. The van der Waals surface area contributed by atoms with Crippen LogP contribution in [0.3, 0.4) is 0 Å². The summed E-state index contributed by atoms with van der Waals surface area (Å²) in [6, 6.07) is 51.4. The van der Waals surface area contributed by atoms with Gasteiger partial charge in [-0.15, -0.1) is 0 Å². The van der Waals surface area contributed by atoms with Crippen LogP contribution in [0.15, 0.2) is 146 Å². The van der Waals surface area contributed by atoms with Crippen molar-refractivity contribution in [2.75, 3.05) is 0 Å². The third kappa shape index (κ3) is 4.00. The molecule has 2 aromatic heterocycles. The molecule has 2 unspecified atom stereocenters. The molecule has 2 atom stereocenters. The van der Waals surface area contributed by atoms with Gasteiger partial charge in [0.05, 0.1) is 22.4 Å². The van der Waals surface area contributed by atoms with Gasteiger partial charge in [-0.3, -0.25) is 4.57 Å². The zero-order valence-corrected chi connectivity index (χ0v) is 29.6. The van der Waals surface area contributed by atoms with Crippen LogP contribution in [0.25, 0.3) is 88.9 Å². The van der Waals surface area contributed by atoms with Gasteiger partial charge < -0.3 is 0 Å². The summed E-state index contributed by atoms with van der Waals surface area (Å²) in [5.74, 6) is 1.79. The van der Waals surface area contributed by atoms with E-state index in [1.54, 1.807) is 0 Å². The molecular weight excluding hydrogens is 643 g/mol. The van der Waals surface area contributed by atoms with E-state index in [-0.39, 0.29) is 5.41 Å². The van der Waals surface area contributed by atoms with Crippen LogP contribution in [0.1, 0.15) is 48.6 Å². The molecule has 3 nitrogen and oxygen atoms in total. The molecule has 2 heterocycles. The van der Waals surface area contributed by atoms with Gasteiger partial charge in [0.15, 0.2) is 0 Å². The molecule has 3 heteroatoms. The van der Waals surface area contributed by atoms with Gasteiger partial charge >= 0.3 is 0 Å². The second-order valence-corrected chi connectivity index (χ2v) is 15.7. The molecule has 53 heavy (non-hydrogen) atoms. The van der Waals surface area contributed by atoms with Gasteiger partial charge in [-0.05, 0) is 80.4 Å². The van der Waals surface area contributed by atoms with E-state index in [0.29, 0.717) is 17.8 Å². The lowest BCUT2D eigenvalue weighted by Gasteiger charge is -2.22. The molecule has 250 valence electrons. The van der Waals surface area contributed by atoms with Crippen molar-refractivity contribution in [1.29, 1.82) is 0 Å². The van der Waals surface area contributed by atoms with E-state index in [0.717, 1.165) is 28.0 Å². The summed E-state index contributed by atoms with van der Waals surface area (Å²) in [6.45, 7) is 4.74. The van der Waals surface area contributed by atoms with Gasteiger partial charge in [0.2, 0.25) is 5.95 Å². The lowest BCUT2D eigenvalue weighted by atomic mass is 9.81. The van der Waals surface area contributed by atoms with Crippen LogP contribution in [0.2, 0.25) is 0 Å². The Hall–Kier alpha value is -6.32. The molecular formula is C50H35N3. The molecule has 3 aliphatic rings. The average Bonchev–Trinajstić information content (AvgIpc) is 3.88. The van der Waals surface area contributed by atoms with E-state index >= 15 is 0 Å². The minimum atomic E-state index is -0.117. The van der Waals surface area contributed by atoms with Crippen LogP contribution in [-0.4, -0.2) is 14.5 Å². The summed E-state index contributed by atoms with van der Waals surface area (Å²) in [6.07, 6.45) is 5.79. The number of hydrogen-bond acceptors (Lipinski definition) is 2. The van der Waals surface area contributed by atoms with E-state index in [1.165, 1.54) is 77.7 Å². The maximum atomic E-state index is 5.62. The van der Waals surface area contributed by atoms with Gasteiger partial charge in [0, 0.05) is 38.3 Å². The second-order valence-electron chi connectivity index (χ2n) is 15.7. The van der Waals surface area contributed by atoms with Crippen LogP contribution in [0.4, 0.5) is 0 Å². The molecule has 7 aromatic carbocycles. The zero-order chi connectivity index (χ0) is 35.0. The molecule has 9 aromatic rings. The standard InChI is InChI=1S/C50H35N3/c1-50(2)41-19-11-10-18-36(41)37-23-21-33(28-42(37)50)44-34-16-8-7-15-31(34)27-40-38-24-20-29-12-6-9-17-35(29)47(38)53(48(40)44)49-51-43-25-22-32-26-39(32)45(43)46(52-49)30-13-4-3-5-14-30/h3-25,27-28,32,39H,26H2,1-2H3. The maximum absolute atomic E-state index is 5.62. The SMILES string of the molecule is CC1(C)c2ccccc2-c2ccc(-c3c4ccccc4cc4c5ccc6ccccc6c5n(-c5nc6c(c(-c7ccccc7)n5)C5CC5C=C6)c34)cc21. The Kier molecular flexibility index (Phi) is 5.74. The molecule has 1 saturated carbocycles. The number of allylic oxidation sites excluding steroid dienone is 1. The van der Waals surface area contributed by atoms with Crippen molar-refractivity contribution in [2.24, 2.45) is 5.92 Å². The lowest BCUT2D eigenvalue weighted by molar-refractivity contribution is 0.660. The Morgan fingerprint density at radius 1 is 0.585 bits per heavy atom. The van der Waals surface area contributed by atoms with Gasteiger partial charge in [-0.25, -0.2) is 9.97 Å². The number of benzene rings is 7. The number of fused-ring (bicyclic) bond motifs is 12. The van der Waals surface area contributed by atoms with E-state index in [9.17, 15) is 0 Å². The highest BCUT2D eigenvalue weighted by Crippen LogP contribution is 2.55. The first-order valence-corrected chi connectivity index (χ1v) is 18.8. The summed E-state index contributed by atoms with van der Waals surface area (Å²) >= 11 is 0. The highest BCUT2D eigenvalue weighted by atomic mass is 15.2.